The summed E-state index contributed by atoms with van der Waals surface area (Å²) in [5, 5.41) is 88.0. The third kappa shape index (κ3) is 11.0. The molecule has 18 heteroatoms. The number of fused-ring (bicyclic) bond motifs is 3. The Morgan fingerprint density at radius 3 is 1.23 bits per heavy atom. The van der Waals surface area contributed by atoms with Crippen LogP contribution in [0.5, 0.6) is 34.5 Å². The summed E-state index contributed by atoms with van der Waals surface area (Å²) in [6.07, 6.45) is -0.849. The summed E-state index contributed by atoms with van der Waals surface area (Å²) in [6.45, 7) is 0.775. The van der Waals surface area contributed by atoms with Gasteiger partial charge in [-0.2, -0.15) is 4.39 Å². The highest BCUT2D eigenvalue weighted by atomic mass is 127. The van der Waals surface area contributed by atoms with Crippen LogP contribution in [0, 0.1) is 9.65 Å². The molecule has 0 aliphatic rings. The minimum Gasteiger partial charge on any atom is -0.508 e. The molecule has 0 aliphatic heterocycles. The topological polar surface area (TPSA) is 248 Å². The zero-order valence-electron chi connectivity index (χ0n) is 36.1. The largest absolute Gasteiger partial charge is 0.508 e. The van der Waals surface area contributed by atoms with Gasteiger partial charge in [0, 0.05) is 55.1 Å². The van der Waals surface area contributed by atoms with E-state index < -0.39 is 30.3 Å². The van der Waals surface area contributed by atoms with Crippen LogP contribution in [0.15, 0.2) is 127 Å². The van der Waals surface area contributed by atoms with Crippen molar-refractivity contribution in [2.75, 3.05) is 0 Å². The van der Waals surface area contributed by atoms with E-state index in [1.54, 1.807) is 83.4 Å². The van der Waals surface area contributed by atoms with Crippen LogP contribution in [0.1, 0.15) is 33.4 Å². The lowest BCUT2D eigenvalue weighted by atomic mass is 10.1. The maximum absolute atomic E-state index is 14.7. The summed E-state index contributed by atoms with van der Waals surface area (Å²) in [5.41, 5.74) is 5.04. The molecule has 3 aromatic heterocycles. The van der Waals surface area contributed by atoms with E-state index in [4.69, 9.17) is 26.9 Å². The number of phenolic OH excluding ortho intramolecular Hbond substituents is 6. The minimum absolute atomic E-state index is 0.0128. The van der Waals surface area contributed by atoms with Crippen LogP contribution in [-0.2, 0) is 53.3 Å². The van der Waals surface area contributed by atoms with Crippen LogP contribution >= 0.6 is 34.2 Å². The van der Waals surface area contributed by atoms with Gasteiger partial charge in [-0.25, -0.2) is 0 Å². The zero-order valence-corrected chi connectivity index (χ0v) is 39.0. The molecule has 9 rings (SSSR count). The number of para-hydroxylation sites is 3. The molecule has 0 bridgehead atoms. The molecule has 0 aliphatic carbocycles. The van der Waals surface area contributed by atoms with Crippen molar-refractivity contribution in [3.8, 4) is 34.5 Å². The summed E-state index contributed by atoms with van der Waals surface area (Å²) in [5.74, 6) is -3.32. The Labute approximate surface area is 410 Å². The van der Waals surface area contributed by atoms with Gasteiger partial charge in [0.2, 0.25) is 0 Å². The second-order valence-electron chi connectivity index (χ2n) is 15.8. The number of carboxylic acids is 3. The maximum Gasteiger partial charge on any atom is 0.308 e. The molecular weight excluding hydrogens is 1030 g/mol. The number of nitrogens with zero attached hydrogens (tertiary/aromatic N) is 3. The Morgan fingerprint density at radius 1 is 0.464 bits per heavy atom. The molecule has 0 atom stereocenters. The van der Waals surface area contributed by atoms with E-state index >= 15 is 0 Å². The van der Waals surface area contributed by atoms with Gasteiger partial charge in [-0.15, -0.1) is 0 Å². The number of hydrogen-bond acceptors (Lipinski definition) is 9. The van der Waals surface area contributed by atoms with Gasteiger partial charge in [-0.05, 0) is 95.4 Å². The molecule has 69 heavy (non-hydrogen) atoms. The van der Waals surface area contributed by atoms with Crippen LogP contribution in [-0.4, -0.2) is 77.6 Å². The molecule has 9 N–H and O–H groups in total. The number of hydrogen-bond donors (Lipinski definition) is 9. The average Bonchev–Trinajstić information content (AvgIpc) is 3.80. The second kappa shape index (κ2) is 20.9. The Kier molecular flexibility index (Phi) is 14.9. The van der Waals surface area contributed by atoms with Crippen molar-refractivity contribution < 1.29 is 64.7 Å². The van der Waals surface area contributed by atoms with Crippen molar-refractivity contribution in [2.45, 2.75) is 38.9 Å². The summed E-state index contributed by atoms with van der Waals surface area (Å²) in [6, 6.07) is 34.4. The van der Waals surface area contributed by atoms with Crippen molar-refractivity contribution in [1.29, 1.82) is 0 Å². The monoisotopic (exact) mass is 1070 g/mol. The van der Waals surface area contributed by atoms with Crippen LogP contribution < -0.4 is 0 Å². The fraction of sp³-hybridized carbons (Fsp3) is 0.118. The van der Waals surface area contributed by atoms with Crippen molar-refractivity contribution in [3.05, 3.63) is 176 Å². The number of rotatable bonds is 12. The molecule has 0 saturated heterocycles. The summed E-state index contributed by atoms with van der Waals surface area (Å²) >= 11 is 8.50. The summed E-state index contributed by atoms with van der Waals surface area (Å²) < 4.78 is 20.5. The Bertz CT molecular complexity index is 3060. The van der Waals surface area contributed by atoms with Crippen LogP contribution in [0.25, 0.3) is 32.7 Å². The van der Waals surface area contributed by atoms with E-state index in [2.05, 4.69) is 22.6 Å². The van der Waals surface area contributed by atoms with Gasteiger partial charge in [0.25, 0.3) is 0 Å². The van der Waals surface area contributed by atoms with Gasteiger partial charge in [0.15, 0.2) is 5.95 Å². The molecule has 0 radical (unpaired) electrons. The normalized spacial score (nSPS) is 11.0. The van der Waals surface area contributed by atoms with Gasteiger partial charge >= 0.3 is 17.9 Å². The van der Waals surface area contributed by atoms with Crippen LogP contribution in [0.3, 0.4) is 0 Å². The SMILES string of the molecule is O=C(O)Cc1c(Cl)n(Cc2ccccc2O)c2ccc(O)cc12.O=C(O)Cc1c(F)n(Cc2ccccc2O)c2ccc(O)cc12.O=C(O)Cc1c(I)n(Cc2ccccc2O)c2ccc(O)cc12. The number of carbonyl (C=O) groups is 3. The lowest BCUT2D eigenvalue weighted by Gasteiger charge is -2.09. The molecular formula is C51H42ClFIN3O12. The highest BCUT2D eigenvalue weighted by molar-refractivity contribution is 14.1. The van der Waals surface area contributed by atoms with Crippen molar-refractivity contribution >= 4 is 84.8 Å². The van der Waals surface area contributed by atoms with E-state index in [0.29, 0.717) is 62.5 Å². The molecule has 0 fully saturated rings. The minimum atomic E-state index is -1.16. The number of halogens is 3. The first-order valence-corrected chi connectivity index (χ1v) is 22.3. The first kappa shape index (κ1) is 49.0. The Morgan fingerprint density at radius 2 is 0.797 bits per heavy atom. The van der Waals surface area contributed by atoms with Gasteiger partial charge in [-0.3, -0.25) is 14.4 Å². The third-order valence-corrected chi connectivity index (χ3v) is 12.9. The average molecular weight is 1070 g/mol. The lowest BCUT2D eigenvalue weighted by Crippen LogP contribution is -2.06. The Hall–Kier alpha value is -7.90. The molecule has 0 saturated carbocycles. The van der Waals surface area contributed by atoms with Crippen LogP contribution in [0.2, 0.25) is 5.15 Å². The molecule has 15 nitrogen and oxygen atoms in total. The smallest absolute Gasteiger partial charge is 0.308 e. The van der Waals surface area contributed by atoms with Gasteiger partial charge in [0.05, 0.1) is 53.6 Å². The lowest BCUT2D eigenvalue weighted by molar-refractivity contribution is -0.137. The van der Waals surface area contributed by atoms with E-state index in [-0.39, 0.29) is 64.6 Å². The standard InChI is InChI=1S/C17H14ClNO4.C17H14FNO4.C17H14INO4/c3*18-17-13(8-16(22)23)12-7-11(20)5-6-14(12)19(17)9-10-3-1-2-4-15(10)21/h3*1-7,20-21H,8-9H2,(H,22,23). The van der Waals surface area contributed by atoms with Crippen molar-refractivity contribution in [3.63, 3.8) is 0 Å². The summed E-state index contributed by atoms with van der Waals surface area (Å²) in [7, 11) is 0. The molecule has 0 spiro atoms. The van der Waals surface area contributed by atoms with Gasteiger partial charge in [-0.1, -0.05) is 66.2 Å². The highest BCUT2D eigenvalue weighted by Crippen LogP contribution is 2.36. The number of benzene rings is 6. The molecule has 9 aromatic rings. The predicted octanol–water partition coefficient (Wildman–Crippen LogP) is 9.58. The first-order chi connectivity index (χ1) is 32.9. The third-order valence-electron chi connectivity index (χ3n) is 11.2. The Balaban J connectivity index is 0.000000153. The van der Waals surface area contributed by atoms with E-state index in [1.807, 2.05) is 16.7 Å². The van der Waals surface area contributed by atoms with Crippen LogP contribution in [0.4, 0.5) is 4.39 Å². The number of carboxylic acid groups (broad SMARTS) is 3. The highest BCUT2D eigenvalue weighted by Gasteiger charge is 2.23. The van der Waals surface area contributed by atoms with Gasteiger partial charge in [0.1, 0.15) is 39.7 Å². The zero-order chi connectivity index (χ0) is 49.7. The fourth-order valence-corrected chi connectivity index (χ4v) is 9.24. The molecule has 3 heterocycles. The van der Waals surface area contributed by atoms with E-state index in [9.17, 15) is 49.4 Å². The van der Waals surface area contributed by atoms with E-state index in [1.165, 1.54) is 41.0 Å². The number of phenols is 6. The quantitative estimate of drug-likeness (QED) is 0.0519. The maximum atomic E-state index is 14.7. The summed E-state index contributed by atoms with van der Waals surface area (Å²) in [4.78, 5) is 33.2. The molecule has 0 amide bonds. The first-order valence-electron chi connectivity index (χ1n) is 20.9. The number of aromatic nitrogens is 3. The number of aliphatic carboxylic acids is 3. The van der Waals surface area contributed by atoms with Gasteiger partial charge < -0.3 is 59.7 Å². The van der Waals surface area contributed by atoms with E-state index in [0.717, 1.165) is 14.8 Å². The van der Waals surface area contributed by atoms with Crippen molar-refractivity contribution in [1.82, 2.24) is 13.7 Å². The molecule has 0 unspecified atom stereocenters. The predicted molar refractivity (Wildman–Crippen MR) is 264 cm³/mol. The number of aromatic hydroxyl groups is 6. The van der Waals surface area contributed by atoms with Crippen molar-refractivity contribution in [2.24, 2.45) is 0 Å². The molecule has 354 valence electrons. The fourth-order valence-electron chi connectivity index (χ4n) is 8.01. The second-order valence-corrected chi connectivity index (χ2v) is 17.1. The molecule has 6 aromatic carbocycles.